The third-order valence-corrected chi connectivity index (χ3v) is 5.33. The fraction of sp³-hybridized carbons (Fsp3) is 0.261. The minimum absolute atomic E-state index is 0.0822. The van der Waals surface area contributed by atoms with Crippen LogP contribution in [0.5, 0.6) is 0 Å². The first-order chi connectivity index (χ1) is 14.1. The highest BCUT2D eigenvalue weighted by molar-refractivity contribution is 6.07. The summed E-state index contributed by atoms with van der Waals surface area (Å²) in [7, 11) is 0. The molecule has 1 aliphatic rings. The number of amides is 2. The zero-order valence-corrected chi connectivity index (χ0v) is 16.2. The largest absolute Gasteiger partial charge is 0.369 e. The van der Waals surface area contributed by atoms with Crippen LogP contribution in [-0.4, -0.2) is 47.4 Å². The molecule has 0 aliphatic carbocycles. The van der Waals surface area contributed by atoms with E-state index in [1.165, 1.54) is 0 Å². The van der Waals surface area contributed by atoms with Gasteiger partial charge in [0.2, 0.25) is 5.91 Å². The van der Waals surface area contributed by atoms with Gasteiger partial charge in [0.25, 0.3) is 5.91 Å². The minimum Gasteiger partial charge on any atom is -0.369 e. The van der Waals surface area contributed by atoms with Crippen LogP contribution in [0.3, 0.4) is 0 Å². The highest BCUT2D eigenvalue weighted by Gasteiger charge is 2.23. The topological polar surface area (TPSA) is 88.3 Å². The van der Waals surface area contributed by atoms with Crippen molar-refractivity contribution in [1.82, 2.24) is 15.2 Å². The Labute approximate surface area is 169 Å². The Morgan fingerprint density at radius 3 is 2.45 bits per heavy atom. The number of rotatable bonds is 5. The molecule has 0 radical (unpaired) electrons. The van der Waals surface area contributed by atoms with E-state index in [9.17, 15) is 9.59 Å². The molecule has 148 valence electrons. The van der Waals surface area contributed by atoms with Crippen LogP contribution in [0.15, 0.2) is 60.7 Å². The van der Waals surface area contributed by atoms with Crippen LogP contribution in [-0.2, 0) is 4.79 Å². The number of likely N-dealkylation sites (tertiary alicyclic amines) is 1. The van der Waals surface area contributed by atoms with Crippen LogP contribution in [0.25, 0.3) is 22.2 Å². The van der Waals surface area contributed by atoms with Crippen LogP contribution < -0.4 is 11.1 Å². The van der Waals surface area contributed by atoms with Gasteiger partial charge in [-0.3, -0.25) is 14.5 Å². The lowest BCUT2D eigenvalue weighted by Gasteiger charge is -2.31. The third-order valence-electron chi connectivity index (χ3n) is 5.33. The molecule has 1 aliphatic heterocycles. The highest BCUT2D eigenvalue weighted by atomic mass is 16.2. The Kier molecular flexibility index (Phi) is 5.53. The van der Waals surface area contributed by atoms with Crippen molar-refractivity contribution in [2.24, 2.45) is 5.73 Å². The van der Waals surface area contributed by atoms with Crippen molar-refractivity contribution in [2.45, 2.75) is 18.9 Å². The van der Waals surface area contributed by atoms with Crippen molar-refractivity contribution in [2.75, 3.05) is 19.6 Å². The molecule has 3 N–H and O–H groups in total. The molecule has 6 heteroatoms. The molecule has 0 atom stereocenters. The maximum Gasteiger partial charge on any atom is 0.252 e. The number of hydrogen-bond acceptors (Lipinski definition) is 4. The van der Waals surface area contributed by atoms with E-state index in [0.29, 0.717) is 5.56 Å². The number of para-hydroxylation sites is 1. The number of nitrogens with one attached hydrogen (secondary N) is 1. The quantitative estimate of drug-likeness (QED) is 0.703. The van der Waals surface area contributed by atoms with Gasteiger partial charge < -0.3 is 11.1 Å². The number of carbonyl (C=O) groups is 2. The maximum atomic E-state index is 13.1. The number of nitrogens with zero attached hydrogens (tertiary/aromatic N) is 2. The molecule has 2 aromatic carbocycles. The second kappa shape index (κ2) is 8.41. The smallest absolute Gasteiger partial charge is 0.252 e. The number of hydrogen-bond donors (Lipinski definition) is 2. The molecule has 1 saturated heterocycles. The van der Waals surface area contributed by atoms with E-state index in [4.69, 9.17) is 10.7 Å². The van der Waals surface area contributed by atoms with Gasteiger partial charge in [0.05, 0.1) is 23.3 Å². The molecular formula is C23H24N4O2. The minimum atomic E-state index is -0.316. The summed E-state index contributed by atoms with van der Waals surface area (Å²) in [4.78, 5) is 31.0. The molecule has 29 heavy (non-hydrogen) atoms. The fourth-order valence-corrected chi connectivity index (χ4v) is 3.84. The van der Waals surface area contributed by atoms with Crippen molar-refractivity contribution < 1.29 is 9.59 Å². The molecule has 0 saturated carbocycles. The van der Waals surface area contributed by atoms with Gasteiger partial charge in [0.1, 0.15) is 0 Å². The van der Waals surface area contributed by atoms with E-state index < -0.39 is 0 Å². The van der Waals surface area contributed by atoms with Crippen LogP contribution in [0.1, 0.15) is 23.2 Å². The molecule has 0 spiro atoms. The monoisotopic (exact) mass is 388 g/mol. The van der Waals surface area contributed by atoms with Gasteiger partial charge in [0.15, 0.2) is 0 Å². The number of benzene rings is 2. The Morgan fingerprint density at radius 1 is 1.03 bits per heavy atom. The van der Waals surface area contributed by atoms with Crippen LogP contribution >= 0.6 is 0 Å². The molecule has 4 rings (SSSR count). The molecule has 0 unspecified atom stereocenters. The summed E-state index contributed by atoms with van der Waals surface area (Å²) in [6.45, 7) is 1.77. The third kappa shape index (κ3) is 4.43. The van der Waals surface area contributed by atoms with E-state index in [-0.39, 0.29) is 24.4 Å². The van der Waals surface area contributed by atoms with Gasteiger partial charge in [-0.25, -0.2) is 4.98 Å². The number of carbonyl (C=O) groups excluding carboxylic acids is 2. The second-order valence-electron chi connectivity index (χ2n) is 7.43. The number of piperidine rings is 1. The predicted molar refractivity (Wildman–Crippen MR) is 113 cm³/mol. The molecule has 1 aromatic heterocycles. The Balaban J connectivity index is 1.57. The standard InChI is InChI=1S/C23H24N4O2/c24-22(28)15-27-12-10-17(11-13-27)25-23(29)19-14-21(16-6-2-1-3-7-16)26-20-9-5-4-8-18(19)20/h1-9,14,17H,10-13,15H2,(H2,24,28)(H,25,29). The maximum absolute atomic E-state index is 13.1. The van der Waals surface area contributed by atoms with Crippen molar-refractivity contribution in [3.63, 3.8) is 0 Å². The number of pyridine rings is 1. The first kappa shape index (κ1) is 19.1. The van der Waals surface area contributed by atoms with Crippen LogP contribution in [0.2, 0.25) is 0 Å². The van der Waals surface area contributed by atoms with Crippen molar-refractivity contribution >= 4 is 22.7 Å². The van der Waals surface area contributed by atoms with E-state index in [0.717, 1.165) is 48.1 Å². The van der Waals surface area contributed by atoms with E-state index in [1.54, 1.807) is 0 Å². The molecule has 2 heterocycles. The summed E-state index contributed by atoms with van der Waals surface area (Å²) < 4.78 is 0. The molecule has 0 bridgehead atoms. The van der Waals surface area contributed by atoms with Crippen molar-refractivity contribution in [3.8, 4) is 11.3 Å². The number of fused-ring (bicyclic) bond motifs is 1. The van der Waals surface area contributed by atoms with Gasteiger partial charge in [-0.05, 0) is 25.0 Å². The summed E-state index contributed by atoms with van der Waals surface area (Å²) in [6, 6.07) is 19.5. The number of aromatic nitrogens is 1. The van der Waals surface area contributed by atoms with Gasteiger partial charge >= 0.3 is 0 Å². The van der Waals surface area contributed by atoms with Gasteiger partial charge in [0, 0.05) is 30.1 Å². The molecular weight excluding hydrogens is 364 g/mol. The van der Waals surface area contributed by atoms with Crippen molar-refractivity contribution in [3.05, 3.63) is 66.2 Å². The SMILES string of the molecule is NC(=O)CN1CCC(NC(=O)c2cc(-c3ccccc3)nc3ccccc23)CC1. The average Bonchev–Trinajstić information content (AvgIpc) is 2.74. The Morgan fingerprint density at radius 2 is 1.72 bits per heavy atom. The van der Waals surface area contributed by atoms with Gasteiger partial charge in [-0.1, -0.05) is 48.5 Å². The van der Waals surface area contributed by atoms with E-state index in [1.807, 2.05) is 65.6 Å². The first-order valence-electron chi connectivity index (χ1n) is 9.87. The normalized spacial score (nSPS) is 15.3. The summed E-state index contributed by atoms with van der Waals surface area (Å²) in [5.41, 5.74) is 8.47. The molecule has 2 amide bonds. The summed E-state index contributed by atoms with van der Waals surface area (Å²) in [5.74, 6) is -0.404. The van der Waals surface area contributed by atoms with Gasteiger partial charge in [-0.15, -0.1) is 0 Å². The zero-order valence-electron chi connectivity index (χ0n) is 16.2. The molecule has 3 aromatic rings. The summed E-state index contributed by atoms with van der Waals surface area (Å²) >= 11 is 0. The zero-order chi connectivity index (χ0) is 20.2. The van der Waals surface area contributed by atoms with Crippen molar-refractivity contribution in [1.29, 1.82) is 0 Å². The van der Waals surface area contributed by atoms with Crippen LogP contribution in [0.4, 0.5) is 0 Å². The predicted octanol–water partition coefficient (Wildman–Crippen LogP) is 2.58. The average molecular weight is 388 g/mol. The highest BCUT2D eigenvalue weighted by Crippen LogP contribution is 2.25. The molecule has 1 fully saturated rings. The first-order valence-corrected chi connectivity index (χ1v) is 9.87. The number of nitrogens with two attached hydrogens (primary N) is 1. The second-order valence-corrected chi connectivity index (χ2v) is 7.43. The number of primary amides is 1. The lowest BCUT2D eigenvalue weighted by molar-refractivity contribution is -0.119. The van der Waals surface area contributed by atoms with E-state index in [2.05, 4.69) is 5.32 Å². The lowest BCUT2D eigenvalue weighted by atomic mass is 10.0. The Hall–Kier alpha value is -3.25. The Bertz CT molecular complexity index is 1030. The van der Waals surface area contributed by atoms with E-state index >= 15 is 0 Å². The van der Waals surface area contributed by atoms with Gasteiger partial charge in [-0.2, -0.15) is 0 Å². The summed E-state index contributed by atoms with van der Waals surface area (Å²) in [6.07, 6.45) is 1.60. The lowest BCUT2D eigenvalue weighted by Crippen LogP contribution is -2.46. The summed E-state index contributed by atoms with van der Waals surface area (Å²) in [5, 5.41) is 4.01. The fourth-order valence-electron chi connectivity index (χ4n) is 3.84. The van der Waals surface area contributed by atoms with Crippen LogP contribution in [0, 0.1) is 0 Å². The molecule has 6 nitrogen and oxygen atoms in total.